The lowest BCUT2D eigenvalue weighted by Gasteiger charge is -2.44. The third-order valence-corrected chi connectivity index (χ3v) is 5.31. The summed E-state index contributed by atoms with van der Waals surface area (Å²) >= 11 is 0. The van der Waals surface area contributed by atoms with Crippen LogP contribution in [-0.4, -0.2) is 12.6 Å². The van der Waals surface area contributed by atoms with E-state index in [0.29, 0.717) is 11.5 Å². The maximum atomic E-state index is 3.86. The molecule has 2 atom stereocenters. The molecule has 0 amide bonds. The molecule has 2 unspecified atom stereocenters. The largest absolute Gasteiger partial charge is 0.313 e. The number of hydrogen-bond acceptors (Lipinski definition) is 1. The van der Waals surface area contributed by atoms with Gasteiger partial charge in [-0.3, -0.25) is 0 Å². The van der Waals surface area contributed by atoms with Gasteiger partial charge >= 0.3 is 0 Å². The summed E-state index contributed by atoms with van der Waals surface area (Å²) < 4.78 is 0. The van der Waals surface area contributed by atoms with Crippen LogP contribution in [0.25, 0.3) is 0 Å². The molecule has 0 heterocycles. The average Bonchev–Trinajstić information content (AvgIpc) is 2.45. The standard InChI is InChI=1S/C20H33N/c1-5-14-21-19(15-17-11-9-16(2)10-12-17)18-8-6-7-13-20(18,3)4/h9-12,18-19,21H,5-8,13-15H2,1-4H3. The van der Waals surface area contributed by atoms with Crippen LogP contribution < -0.4 is 5.32 Å². The first-order chi connectivity index (χ1) is 10.0. The fourth-order valence-corrected chi connectivity index (χ4v) is 3.93. The molecular weight excluding hydrogens is 254 g/mol. The van der Waals surface area contributed by atoms with Crippen LogP contribution in [0.5, 0.6) is 0 Å². The topological polar surface area (TPSA) is 12.0 Å². The second-order valence-electron chi connectivity index (χ2n) is 7.59. The van der Waals surface area contributed by atoms with E-state index in [9.17, 15) is 0 Å². The molecule has 0 bridgehead atoms. The van der Waals surface area contributed by atoms with Gasteiger partial charge in [0.2, 0.25) is 0 Å². The van der Waals surface area contributed by atoms with Gasteiger partial charge in [0, 0.05) is 6.04 Å². The van der Waals surface area contributed by atoms with Crippen molar-refractivity contribution in [1.29, 1.82) is 0 Å². The van der Waals surface area contributed by atoms with Crippen LogP contribution in [-0.2, 0) is 6.42 Å². The highest BCUT2D eigenvalue weighted by atomic mass is 14.9. The van der Waals surface area contributed by atoms with E-state index in [1.807, 2.05) is 0 Å². The molecule has 0 aromatic heterocycles. The SMILES string of the molecule is CCCNC(Cc1ccc(C)cc1)C1CCCCC1(C)C. The van der Waals surface area contributed by atoms with E-state index in [1.165, 1.54) is 49.7 Å². The van der Waals surface area contributed by atoms with E-state index in [2.05, 4.69) is 57.3 Å². The fraction of sp³-hybridized carbons (Fsp3) is 0.700. The molecule has 0 aliphatic heterocycles. The van der Waals surface area contributed by atoms with Gasteiger partial charge in [-0.15, -0.1) is 0 Å². The van der Waals surface area contributed by atoms with Crippen molar-refractivity contribution < 1.29 is 0 Å². The van der Waals surface area contributed by atoms with Gasteiger partial charge in [0.15, 0.2) is 0 Å². The zero-order valence-electron chi connectivity index (χ0n) is 14.4. The minimum atomic E-state index is 0.481. The Bertz CT molecular complexity index is 418. The Morgan fingerprint density at radius 3 is 2.52 bits per heavy atom. The Morgan fingerprint density at radius 2 is 1.90 bits per heavy atom. The van der Waals surface area contributed by atoms with Crippen molar-refractivity contribution in [3.63, 3.8) is 0 Å². The number of aryl methyl sites for hydroxylation is 1. The molecule has 1 aromatic carbocycles. The minimum absolute atomic E-state index is 0.481. The first-order valence-corrected chi connectivity index (χ1v) is 8.82. The first kappa shape index (κ1) is 16.5. The maximum absolute atomic E-state index is 3.86. The minimum Gasteiger partial charge on any atom is -0.313 e. The molecule has 1 aromatic rings. The van der Waals surface area contributed by atoms with Gasteiger partial charge in [-0.25, -0.2) is 0 Å². The molecule has 0 radical (unpaired) electrons. The summed E-state index contributed by atoms with van der Waals surface area (Å²) in [5.74, 6) is 0.805. The van der Waals surface area contributed by atoms with Crippen molar-refractivity contribution in [3.05, 3.63) is 35.4 Å². The van der Waals surface area contributed by atoms with Crippen LogP contribution in [0, 0.1) is 18.3 Å². The van der Waals surface area contributed by atoms with E-state index in [-0.39, 0.29) is 0 Å². The lowest BCUT2D eigenvalue weighted by Crippen LogP contribution is -2.46. The Hall–Kier alpha value is -0.820. The molecule has 1 heteroatoms. The molecule has 1 N–H and O–H groups in total. The predicted octanol–water partition coefficient (Wildman–Crippen LogP) is 5.12. The second-order valence-corrected chi connectivity index (χ2v) is 7.59. The molecule has 1 aliphatic rings. The van der Waals surface area contributed by atoms with Crippen LogP contribution in [0.4, 0.5) is 0 Å². The number of rotatable bonds is 6. The highest BCUT2D eigenvalue weighted by molar-refractivity contribution is 5.22. The second kappa shape index (κ2) is 7.45. The Balaban J connectivity index is 2.11. The smallest absolute Gasteiger partial charge is 0.0141 e. The number of benzene rings is 1. The van der Waals surface area contributed by atoms with Gasteiger partial charge in [-0.1, -0.05) is 63.4 Å². The molecule has 21 heavy (non-hydrogen) atoms. The molecule has 1 nitrogen and oxygen atoms in total. The van der Waals surface area contributed by atoms with Crippen LogP contribution in [0.15, 0.2) is 24.3 Å². The Morgan fingerprint density at radius 1 is 1.19 bits per heavy atom. The summed E-state index contributed by atoms with van der Waals surface area (Å²) in [7, 11) is 0. The average molecular weight is 287 g/mol. The third-order valence-electron chi connectivity index (χ3n) is 5.31. The summed E-state index contributed by atoms with van der Waals surface area (Å²) in [6, 6.07) is 9.75. The van der Waals surface area contributed by atoms with E-state index in [4.69, 9.17) is 0 Å². The monoisotopic (exact) mass is 287 g/mol. The molecule has 0 saturated heterocycles. The zero-order chi connectivity index (χ0) is 15.3. The maximum Gasteiger partial charge on any atom is 0.0141 e. The van der Waals surface area contributed by atoms with Crippen LogP contribution in [0.3, 0.4) is 0 Å². The molecule has 2 rings (SSSR count). The summed E-state index contributed by atoms with van der Waals surface area (Å²) in [6.07, 6.45) is 7.99. The Labute approximate surface area is 131 Å². The predicted molar refractivity (Wildman–Crippen MR) is 92.7 cm³/mol. The van der Waals surface area contributed by atoms with E-state index >= 15 is 0 Å². The quantitative estimate of drug-likeness (QED) is 0.765. The highest BCUT2D eigenvalue weighted by Gasteiger charge is 2.37. The Kier molecular flexibility index (Phi) is 5.87. The van der Waals surface area contributed by atoms with Crippen molar-refractivity contribution in [1.82, 2.24) is 5.32 Å². The van der Waals surface area contributed by atoms with Crippen molar-refractivity contribution in [2.75, 3.05) is 6.54 Å². The lowest BCUT2D eigenvalue weighted by atomic mass is 9.65. The number of hydrogen-bond donors (Lipinski definition) is 1. The van der Waals surface area contributed by atoms with Gasteiger partial charge in [-0.05, 0) is 56.0 Å². The molecule has 1 fully saturated rings. The molecule has 118 valence electrons. The summed E-state index contributed by atoms with van der Waals surface area (Å²) in [4.78, 5) is 0. The summed E-state index contributed by atoms with van der Waals surface area (Å²) in [5.41, 5.74) is 3.32. The van der Waals surface area contributed by atoms with Gasteiger partial charge in [0.25, 0.3) is 0 Å². The summed E-state index contributed by atoms with van der Waals surface area (Å²) in [6.45, 7) is 10.5. The van der Waals surface area contributed by atoms with Crippen LogP contribution >= 0.6 is 0 Å². The van der Waals surface area contributed by atoms with Gasteiger partial charge < -0.3 is 5.32 Å². The van der Waals surface area contributed by atoms with Gasteiger partial charge in [-0.2, -0.15) is 0 Å². The zero-order valence-corrected chi connectivity index (χ0v) is 14.4. The van der Waals surface area contributed by atoms with E-state index in [0.717, 1.165) is 12.5 Å². The fourth-order valence-electron chi connectivity index (χ4n) is 3.93. The van der Waals surface area contributed by atoms with Crippen molar-refractivity contribution in [2.45, 2.75) is 72.3 Å². The van der Waals surface area contributed by atoms with Gasteiger partial charge in [0.1, 0.15) is 0 Å². The summed E-state index contributed by atoms with van der Waals surface area (Å²) in [5, 5.41) is 3.86. The third kappa shape index (κ3) is 4.57. The van der Waals surface area contributed by atoms with E-state index in [1.54, 1.807) is 0 Å². The first-order valence-electron chi connectivity index (χ1n) is 8.82. The lowest BCUT2D eigenvalue weighted by molar-refractivity contribution is 0.0981. The normalized spacial score (nSPS) is 23.0. The molecule has 1 aliphatic carbocycles. The van der Waals surface area contributed by atoms with Crippen molar-refractivity contribution in [2.24, 2.45) is 11.3 Å². The van der Waals surface area contributed by atoms with Crippen LogP contribution in [0.1, 0.15) is 64.0 Å². The molecule has 0 spiro atoms. The molecule has 1 saturated carbocycles. The number of nitrogens with one attached hydrogen (secondary N) is 1. The van der Waals surface area contributed by atoms with Crippen molar-refractivity contribution in [3.8, 4) is 0 Å². The van der Waals surface area contributed by atoms with Gasteiger partial charge in [0.05, 0.1) is 0 Å². The van der Waals surface area contributed by atoms with E-state index < -0.39 is 0 Å². The highest BCUT2D eigenvalue weighted by Crippen LogP contribution is 2.43. The van der Waals surface area contributed by atoms with Crippen LogP contribution in [0.2, 0.25) is 0 Å². The molecular formula is C20H33N. The van der Waals surface area contributed by atoms with Crippen molar-refractivity contribution >= 4 is 0 Å².